The van der Waals surface area contributed by atoms with E-state index < -0.39 is 0 Å². The molecule has 0 aliphatic rings. The van der Waals surface area contributed by atoms with E-state index in [4.69, 9.17) is 11.6 Å². The molecule has 2 nitrogen and oxygen atoms in total. The standard InChI is InChI=1S/C10H14ClNOS/c1-8(13)3-2-6-12-7-9-4-5-10(11)14-9/h4-5,12H,2-3,6-7H2,1H3. The molecule has 0 fully saturated rings. The number of thiophene rings is 1. The van der Waals surface area contributed by atoms with E-state index in [0.717, 1.165) is 23.8 Å². The smallest absolute Gasteiger partial charge is 0.129 e. The summed E-state index contributed by atoms with van der Waals surface area (Å²) >= 11 is 7.38. The van der Waals surface area contributed by atoms with Gasteiger partial charge < -0.3 is 10.1 Å². The predicted molar refractivity (Wildman–Crippen MR) is 61.0 cm³/mol. The lowest BCUT2D eigenvalue weighted by atomic mass is 10.2. The largest absolute Gasteiger partial charge is 0.312 e. The van der Waals surface area contributed by atoms with Gasteiger partial charge >= 0.3 is 0 Å². The summed E-state index contributed by atoms with van der Waals surface area (Å²) in [4.78, 5) is 11.9. The van der Waals surface area contributed by atoms with E-state index in [-0.39, 0.29) is 5.78 Å². The lowest BCUT2D eigenvalue weighted by molar-refractivity contribution is -0.117. The zero-order chi connectivity index (χ0) is 10.4. The Balaban J connectivity index is 2.07. The normalized spacial score (nSPS) is 10.4. The van der Waals surface area contributed by atoms with Crippen LogP contribution in [-0.4, -0.2) is 12.3 Å². The number of Topliss-reactive ketones (excluding diaryl/α,β-unsaturated/α-hetero) is 1. The van der Waals surface area contributed by atoms with Gasteiger partial charge in [0.1, 0.15) is 5.78 Å². The Bertz CT molecular complexity index is 298. The van der Waals surface area contributed by atoms with Crippen molar-refractivity contribution in [2.45, 2.75) is 26.3 Å². The third-order valence-corrected chi connectivity index (χ3v) is 3.04. The number of carbonyl (C=O) groups is 1. The third-order valence-electron chi connectivity index (χ3n) is 1.81. The van der Waals surface area contributed by atoms with Gasteiger partial charge in [-0.15, -0.1) is 11.3 Å². The van der Waals surface area contributed by atoms with Gasteiger partial charge in [-0.1, -0.05) is 11.6 Å². The van der Waals surface area contributed by atoms with E-state index in [2.05, 4.69) is 5.32 Å². The molecule has 1 rings (SSSR count). The second-order valence-corrected chi connectivity index (χ2v) is 4.99. The Morgan fingerprint density at radius 1 is 1.57 bits per heavy atom. The lowest BCUT2D eigenvalue weighted by Gasteiger charge is -2.00. The topological polar surface area (TPSA) is 29.1 Å². The Morgan fingerprint density at radius 2 is 2.36 bits per heavy atom. The average Bonchev–Trinajstić information content (AvgIpc) is 2.50. The molecule has 1 heterocycles. The van der Waals surface area contributed by atoms with E-state index in [1.807, 2.05) is 12.1 Å². The Labute approximate surface area is 93.3 Å². The molecule has 0 aromatic carbocycles. The van der Waals surface area contributed by atoms with Crippen molar-refractivity contribution in [2.75, 3.05) is 6.54 Å². The summed E-state index contributed by atoms with van der Waals surface area (Å²) in [6.07, 6.45) is 1.58. The first-order valence-corrected chi connectivity index (χ1v) is 5.82. The third kappa shape index (κ3) is 4.74. The number of carbonyl (C=O) groups excluding carboxylic acids is 1. The van der Waals surface area contributed by atoms with Crippen LogP contribution in [0.2, 0.25) is 4.34 Å². The molecule has 0 saturated heterocycles. The summed E-state index contributed by atoms with van der Waals surface area (Å²) in [6, 6.07) is 3.92. The first-order valence-electron chi connectivity index (χ1n) is 4.63. The van der Waals surface area contributed by atoms with Crippen molar-refractivity contribution >= 4 is 28.7 Å². The molecule has 0 unspecified atom stereocenters. The molecule has 0 aliphatic carbocycles. The number of hydrogen-bond acceptors (Lipinski definition) is 3. The highest BCUT2D eigenvalue weighted by Gasteiger charge is 1.97. The van der Waals surface area contributed by atoms with Crippen LogP contribution in [0.4, 0.5) is 0 Å². The van der Waals surface area contributed by atoms with E-state index in [9.17, 15) is 4.79 Å². The van der Waals surface area contributed by atoms with Crippen molar-refractivity contribution in [3.63, 3.8) is 0 Å². The van der Waals surface area contributed by atoms with Gasteiger partial charge in [0.2, 0.25) is 0 Å². The Kier molecular flexibility index (Phi) is 5.15. The molecule has 4 heteroatoms. The van der Waals surface area contributed by atoms with Gasteiger partial charge in [-0.25, -0.2) is 0 Å². The first-order chi connectivity index (χ1) is 6.68. The summed E-state index contributed by atoms with van der Waals surface area (Å²) in [5.41, 5.74) is 0. The minimum atomic E-state index is 0.256. The van der Waals surface area contributed by atoms with Crippen LogP contribution in [0.3, 0.4) is 0 Å². The van der Waals surface area contributed by atoms with Crippen molar-refractivity contribution in [2.24, 2.45) is 0 Å². The second-order valence-electron chi connectivity index (χ2n) is 3.19. The van der Waals surface area contributed by atoms with Crippen molar-refractivity contribution in [3.8, 4) is 0 Å². The zero-order valence-corrected chi connectivity index (χ0v) is 9.75. The van der Waals surface area contributed by atoms with Crippen LogP contribution in [0.15, 0.2) is 12.1 Å². The average molecular weight is 232 g/mol. The van der Waals surface area contributed by atoms with E-state index in [1.165, 1.54) is 4.88 Å². The van der Waals surface area contributed by atoms with Gasteiger partial charge in [0.05, 0.1) is 4.34 Å². The molecular formula is C10H14ClNOS. The molecule has 14 heavy (non-hydrogen) atoms. The van der Waals surface area contributed by atoms with Crippen molar-refractivity contribution < 1.29 is 4.79 Å². The molecule has 0 atom stereocenters. The summed E-state index contributed by atoms with van der Waals surface area (Å²) in [5.74, 6) is 0.256. The van der Waals surface area contributed by atoms with Crippen molar-refractivity contribution in [1.29, 1.82) is 0 Å². The van der Waals surface area contributed by atoms with Crippen molar-refractivity contribution in [3.05, 3.63) is 21.3 Å². The molecule has 1 aromatic rings. The maximum Gasteiger partial charge on any atom is 0.129 e. The van der Waals surface area contributed by atoms with Crippen LogP contribution >= 0.6 is 22.9 Å². The summed E-state index contributed by atoms with van der Waals surface area (Å²) in [7, 11) is 0. The summed E-state index contributed by atoms with van der Waals surface area (Å²) in [6.45, 7) is 3.35. The first kappa shape index (κ1) is 11.7. The van der Waals surface area contributed by atoms with E-state index in [1.54, 1.807) is 18.3 Å². The number of hydrogen-bond donors (Lipinski definition) is 1. The monoisotopic (exact) mass is 231 g/mol. The van der Waals surface area contributed by atoms with E-state index in [0.29, 0.717) is 6.42 Å². The number of halogens is 1. The second kappa shape index (κ2) is 6.17. The van der Waals surface area contributed by atoms with Gasteiger partial charge in [0, 0.05) is 17.8 Å². The fourth-order valence-electron chi connectivity index (χ4n) is 1.12. The maximum absolute atomic E-state index is 10.6. The zero-order valence-electron chi connectivity index (χ0n) is 8.18. The van der Waals surface area contributed by atoms with Gasteiger partial charge in [-0.3, -0.25) is 0 Å². The van der Waals surface area contributed by atoms with Crippen LogP contribution < -0.4 is 5.32 Å². The van der Waals surface area contributed by atoms with Crippen LogP contribution in [0.5, 0.6) is 0 Å². The predicted octanol–water partition coefficient (Wildman–Crippen LogP) is 2.86. The van der Waals surface area contributed by atoms with Crippen molar-refractivity contribution in [1.82, 2.24) is 5.32 Å². The summed E-state index contributed by atoms with van der Waals surface area (Å²) < 4.78 is 0.825. The SMILES string of the molecule is CC(=O)CCCNCc1ccc(Cl)s1. The van der Waals surface area contributed by atoms with E-state index >= 15 is 0 Å². The molecule has 78 valence electrons. The minimum absolute atomic E-state index is 0.256. The minimum Gasteiger partial charge on any atom is -0.312 e. The summed E-state index contributed by atoms with van der Waals surface area (Å²) in [5, 5.41) is 3.27. The lowest BCUT2D eigenvalue weighted by Crippen LogP contribution is -2.14. The fourth-order valence-corrected chi connectivity index (χ4v) is 2.18. The number of ketones is 1. The molecule has 1 N–H and O–H groups in total. The Hall–Kier alpha value is -0.380. The van der Waals surface area contributed by atoms with Gasteiger partial charge in [-0.2, -0.15) is 0 Å². The molecule has 0 bridgehead atoms. The molecular weight excluding hydrogens is 218 g/mol. The molecule has 0 saturated carbocycles. The van der Waals surface area contributed by atoms with Gasteiger partial charge in [0.15, 0.2) is 0 Å². The molecule has 0 radical (unpaired) electrons. The van der Waals surface area contributed by atoms with Crippen LogP contribution in [0.1, 0.15) is 24.6 Å². The number of nitrogens with one attached hydrogen (secondary N) is 1. The highest BCUT2D eigenvalue weighted by Crippen LogP contribution is 2.20. The highest BCUT2D eigenvalue weighted by molar-refractivity contribution is 7.16. The van der Waals surface area contributed by atoms with Crippen LogP contribution in [0.25, 0.3) is 0 Å². The molecule has 0 aliphatic heterocycles. The maximum atomic E-state index is 10.6. The fraction of sp³-hybridized carbons (Fsp3) is 0.500. The van der Waals surface area contributed by atoms with Gasteiger partial charge in [0.25, 0.3) is 0 Å². The molecule has 0 amide bonds. The Morgan fingerprint density at radius 3 is 2.93 bits per heavy atom. The van der Waals surface area contributed by atoms with Gasteiger partial charge in [-0.05, 0) is 32.0 Å². The molecule has 1 aromatic heterocycles. The van der Waals surface area contributed by atoms with Crippen LogP contribution in [0, 0.1) is 0 Å². The highest BCUT2D eigenvalue weighted by atomic mass is 35.5. The molecule has 0 spiro atoms. The number of rotatable bonds is 6. The quantitative estimate of drug-likeness (QED) is 0.763. The van der Waals surface area contributed by atoms with Crippen LogP contribution in [-0.2, 0) is 11.3 Å².